The van der Waals surface area contributed by atoms with Crippen LogP contribution >= 0.6 is 0 Å². The Morgan fingerprint density at radius 1 is 1.44 bits per heavy atom. The molecule has 2 rings (SSSR count). The largest absolute Gasteiger partial charge is 0.493 e. The molecule has 84 valence electrons. The Morgan fingerprint density at radius 2 is 2.25 bits per heavy atom. The first-order chi connectivity index (χ1) is 7.74. The first kappa shape index (κ1) is 10.7. The van der Waals surface area contributed by atoms with Gasteiger partial charge in [0, 0.05) is 6.20 Å². The molecule has 0 aliphatic carbocycles. The fraction of sp³-hybridized carbons (Fsp3) is 0.333. The third kappa shape index (κ3) is 1.78. The second kappa shape index (κ2) is 4.35. The van der Waals surface area contributed by atoms with E-state index in [0.29, 0.717) is 17.6 Å². The number of hydrogen-bond acceptors (Lipinski definition) is 3. The maximum Gasteiger partial charge on any atom is 0.264 e. The number of fused-ring (bicyclic) bond motifs is 1. The molecule has 0 saturated carbocycles. The Hall–Kier alpha value is -1.84. The average molecular weight is 218 g/mol. The summed E-state index contributed by atoms with van der Waals surface area (Å²) in [6, 6.07) is 5.26. The van der Waals surface area contributed by atoms with Crippen molar-refractivity contribution in [1.29, 1.82) is 0 Å². The summed E-state index contributed by atoms with van der Waals surface area (Å²) in [6.45, 7) is 2.04. The summed E-state index contributed by atoms with van der Waals surface area (Å²) in [4.78, 5) is 16.0. The lowest BCUT2D eigenvalue weighted by Gasteiger charge is -2.05. The number of aromatic nitrogens is 2. The number of aromatic hydroxyl groups is 1. The molecular weight excluding hydrogens is 204 g/mol. The molecule has 2 aromatic heterocycles. The van der Waals surface area contributed by atoms with E-state index in [-0.39, 0.29) is 11.4 Å². The molecule has 0 amide bonds. The molecule has 0 atom stereocenters. The number of rotatable bonds is 3. The van der Waals surface area contributed by atoms with Crippen molar-refractivity contribution in [3.63, 3.8) is 0 Å². The molecule has 16 heavy (non-hydrogen) atoms. The highest BCUT2D eigenvalue weighted by Crippen LogP contribution is 2.13. The lowest BCUT2D eigenvalue weighted by atomic mass is 10.1. The Labute approximate surface area is 93.2 Å². The summed E-state index contributed by atoms with van der Waals surface area (Å²) in [5.74, 6) is -0.135. The Bertz CT molecular complexity index is 560. The smallest absolute Gasteiger partial charge is 0.264 e. The number of pyridine rings is 1. The van der Waals surface area contributed by atoms with Crippen molar-refractivity contribution in [2.45, 2.75) is 26.2 Å². The van der Waals surface area contributed by atoms with E-state index in [4.69, 9.17) is 0 Å². The van der Waals surface area contributed by atoms with Crippen LogP contribution in [0.4, 0.5) is 0 Å². The van der Waals surface area contributed by atoms with Gasteiger partial charge >= 0.3 is 0 Å². The SMILES string of the molecule is CCCCc1c(O)nc2ccccn2c1=O. The van der Waals surface area contributed by atoms with Crippen LogP contribution in [0.3, 0.4) is 0 Å². The van der Waals surface area contributed by atoms with Crippen LogP contribution in [0.15, 0.2) is 29.2 Å². The summed E-state index contributed by atoms with van der Waals surface area (Å²) in [5.41, 5.74) is 0.715. The third-order valence-electron chi connectivity index (χ3n) is 2.59. The highest BCUT2D eigenvalue weighted by Gasteiger charge is 2.10. The van der Waals surface area contributed by atoms with Gasteiger partial charge in [0.05, 0.1) is 5.56 Å². The van der Waals surface area contributed by atoms with Gasteiger partial charge in [-0.3, -0.25) is 9.20 Å². The zero-order valence-corrected chi connectivity index (χ0v) is 9.18. The second-order valence-corrected chi connectivity index (χ2v) is 3.75. The third-order valence-corrected chi connectivity index (χ3v) is 2.59. The fourth-order valence-corrected chi connectivity index (χ4v) is 1.69. The molecular formula is C12H14N2O2. The molecule has 4 nitrogen and oxygen atoms in total. The van der Waals surface area contributed by atoms with Gasteiger partial charge in [0.25, 0.3) is 5.56 Å². The van der Waals surface area contributed by atoms with E-state index in [2.05, 4.69) is 4.98 Å². The van der Waals surface area contributed by atoms with E-state index in [1.165, 1.54) is 4.40 Å². The topological polar surface area (TPSA) is 54.6 Å². The van der Waals surface area contributed by atoms with Crippen molar-refractivity contribution < 1.29 is 5.11 Å². The van der Waals surface area contributed by atoms with Gasteiger partial charge in [0.15, 0.2) is 0 Å². The number of nitrogens with zero attached hydrogens (tertiary/aromatic N) is 2. The van der Waals surface area contributed by atoms with E-state index in [9.17, 15) is 9.90 Å². The molecule has 0 fully saturated rings. The molecule has 0 bridgehead atoms. The van der Waals surface area contributed by atoms with Crippen molar-refractivity contribution in [2.75, 3.05) is 0 Å². The number of unbranched alkanes of at least 4 members (excludes halogenated alkanes) is 1. The highest BCUT2D eigenvalue weighted by molar-refractivity contribution is 5.42. The molecule has 0 aliphatic heterocycles. The van der Waals surface area contributed by atoms with Gasteiger partial charge in [-0.25, -0.2) is 0 Å². The van der Waals surface area contributed by atoms with Crippen molar-refractivity contribution in [3.05, 3.63) is 40.3 Å². The van der Waals surface area contributed by atoms with Gasteiger partial charge in [-0.2, -0.15) is 4.98 Å². The monoisotopic (exact) mass is 218 g/mol. The van der Waals surface area contributed by atoms with Gasteiger partial charge in [0.2, 0.25) is 5.88 Å². The van der Waals surface area contributed by atoms with Crippen LogP contribution in [-0.4, -0.2) is 14.5 Å². The predicted molar refractivity (Wildman–Crippen MR) is 61.7 cm³/mol. The van der Waals surface area contributed by atoms with Crippen molar-refractivity contribution >= 4 is 5.65 Å². The quantitative estimate of drug-likeness (QED) is 0.853. The maximum absolute atomic E-state index is 12.0. The van der Waals surface area contributed by atoms with Crippen LogP contribution in [0.5, 0.6) is 5.88 Å². The van der Waals surface area contributed by atoms with E-state index in [1.54, 1.807) is 24.4 Å². The van der Waals surface area contributed by atoms with Crippen LogP contribution < -0.4 is 5.56 Å². The minimum Gasteiger partial charge on any atom is -0.493 e. The Balaban J connectivity index is 2.61. The first-order valence-corrected chi connectivity index (χ1v) is 5.43. The summed E-state index contributed by atoms with van der Waals surface area (Å²) >= 11 is 0. The van der Waals surface area contributed by atoms with Crippen LogP contribution in [0.2, 0.25) is 0 Å². The van der Waals surface area contributed by atoms with Gasteiger partial charge in [-0.1, -0.05) is 19.4 Å². The molecule has 0 aliphatic rings. The Morgan fingerprint density at radius 3 is 3.00 bits per heavy atom. The molecule has 0 aromatic carbocycles. The Kier molecular flexibility index (Phi) is 2.90. The van der Waals surface area contributed by atoms with Crippen LogP contribution in [0.25, 0.3) is 5.65 Å². The predicted octanol–water partition coefficient (Wildman–Crippen LogP) is 1.74. The van der Waals surface area contributed by atoms with Crippen LogP contribution in [0.1, 0.15) is 25.3 Å². The summed E-state index contributed by atoms with van der Waals surface area (Å²) < 4.78 is 1.46. The second-order valence-electron chi connectivity index (χ2n) is 3.75. The normalized spacial score (nSPS) is 10.8. The lowest BCUT2D eigenvalue weighted by molar-refractivity contribution is 0.443. The highest BCUT2D eigenvalue weighted by atomic mass is 16.3. The van der Waals surface area contributed by atoms with Gasteiger partial charge in [-0.05, 0) is 25.0 Å². The molecule has 2 heterocycles. The summed E-state index contributed by atoms with van der Waals surface area (Å²) in [7, 11) is 0. The maximum atomic E-state index is 12.0. The molecule has 1 N–H and O–H groups in total. The van der Waals surface area contributed by atoms with Crippen molar-refractivity contribution in [2.24, 2.45) is 0 Å². The molecule has 0 radical (unpaired) electrons. The lowest BCUT2D eigenvalue weighted by Crippen LogP contribution is -2.19. The van der Waals surface area contributed by atoms with E-state index >= 15 is 0 Å². The molecule has 2 aromatic rings. The average Bonchev–Trinajstić information content (AvgIpc) is 2.29. The van der Waals surface area contributed by atoms with Gasteiger partial charge < -0.3 is 5.11 Å². The van der Waals surface area contributed by atoms with Gasteiger partial charge in [-0.15, -0.1) is 0 Å². The van der Waals surface area contributed by atoms with E-state index in [1.807, 2.05) is 6.92 Å². The van der Waals surface area contributed by atoms with Gasteiger partial charge in [0.1, 0.15) is 5.65 Å². The van der Waals surface area contributed by atoms with E-state index < -0.39 is 0 Å². The molecule has 4 heteroatoms. The zero-order chi connectivity index (χ0) is 11.5. The van der Waals surface area contributed by atoms with Crippen molar-refractivity contribution in [1.82, 2.24) is 9.38 Å². The molecule has 0 spiro atoms. The standard InChI is InChI=1S/C12H14N2O2/c1-2-3-6-9-11(15)13-10-7-4-5-8-14(10)12(9)16/h4-5,7-8,15H,2-3,6H2,1H3. The van der Waals surface area contributed by atoms with Crippen LogP contribution in [0, 0.1) is 0 Å². The minimum absolute atomic E-state index is 0.135. The fourth-order valence-electron chi connectivity index (χ4n) is 1.69. The summed E-state index contributed by atoms with van der Waals surface area (Å²) in [6.07, 6.45) is 4.10. The van der Waals surface area contributed by atoms with Crippen molar-refractivity contribution in [3.8, 4) is 5.88 Å². The van der Waals surface area contributed by atoms with E-state index in [0.717, 1.165) is 12.8 Å². The minimum atomic E-state index is -0.170. The molecule has 0 saturated heterocycles. The first-order valence-electron chi connectivity index (χ1n) is 5.43. The zero-order valence-electron chi connectivity index (χ0n) is 9.18. The summed E-state index contributed by atoms with van der Waals surface area (Å²) in [5, 5.41) is 9.69. The number of hydrogen-bond donors (Lipinski definition) is 1. The molecule has 0 unspecified atom stereocenters. The van der Waals surface area contributed by atoms with Crippen LogP contribution in [-0.2, 0) is 6.42 Å².